The summed E-state index contributed by atoms with van der Waals surface area (Å²) in [7, 11) is 0. The van der Waals surface area contributed by atoms with Crippen LogP contribution in [0.3, 0.4) is 0 Å². The summed E-state index contributed by atoms with van der Waals surface area (Å²) in [5, 5.41) is 12.1. The van der Waals surface area contributed by atoms with Crippen LogP contribution in [0.2, 0.25) is 0 Å². The molecule has 1 atom stereocenters. The van der Waals surface area contributed by atoms with Crippen LogP contribution in [-0.2, 0) is 4.79 Å². The minimum absolute atomic E-state index is 0.0430. The van der Waals surface area contributed by atoms with Crippen LogP contribution >= 0.6 is 0 Å². The number of hydrogen-bond donors (Lipinski definition) is 3. The molecule has 1 aliphatic rings. The van der Waals surface area contributed by atoms with E-state index in [9.17, 15) is 4.79 Å². The number of anilines is 2. The minimum Gasteiger partial charge on any atom is -0.457 e. The first-order valence-corrected chi connectivity index (χ1v) is 11.1. The van der Waals surface area contributed by atoms with Gasteiger partial charge in [0, 0.05) is 24.7 Å². The molecule has 176 valence electrons. The lowest BCUT2D eigenvalue weighted by Crippen LogP contribution is -2.41. The van der Waals surface area contributed by atoms with Gasteiger partial charge in [-0.1, -0.05) is 24.3 Å². The molecule has 2 aromatic carbocycles. The Kier molecular flexibility index (Phi) is 8.73. The van der Waals surface area contributed by atoms with Gasteiger partial charge in [0.15, 0.2) is 0 Å². The van der Waals surface area contributed by atoms with E-state index in [1.165, 1.54) is 6.33 Å². The van der Waals surface area contributed by atoms with Crippen LogP contribution in [0.4, 0.5) is 11.6 Å². The first-order valence-electron chi connectivity index (χ1n) is 11.1. The number of nitrogens with zero attached hydrogens (tertiary/aromatic N) is 3. The Balaban J connectivity index is 0.00000103. The molecule has 2 heterocycles. The smallest absolute Gasteiger partial charge is 0.209 e. The number of nitrogen functional groups attached to an aromatic ring is 1. The average molecular weight is 459 g/mol. The van der Waals surface area contributed by atoms with Crippen LogP contribution in [0.15, 0.2) is 73.6 Å². The number of nitrogens with one attached hydrogen (secondary N) is 2. The lowest BCUT2D eigenvalue weighted by atomic mass is 10.0. The molecule has 1 unspecified atom stereocenters. The number of amides is 1. The molecule has 3 aromatic rings. The maximum Gasteiger partial charge on any atom is 0.209 e. The van der Waals surface area contributed by atoms with Gasteiger partial charge < -0.3 is 20.7 Å². The van der Waals surface area contributed by atoms with Gasteiger partial charge in [-0.2, -0.15) is 0 Å². The zero-order chi connectivity index (χ0) is 24.3. The van der Waals surface area contributed by atoms with E-state index in [1.807, 2.05) is 61.5 Å². The standard InChI is InChI=1S/C23H24N6O2.C3H6/c24-21(16-8-10-19(11-9-16)31-18-6-2-1-3-7-18)20-22(25)26-14-27-23(20)28-17-5-4-12-29(13-17)15-30;1-3-2/h1-3,6-11,14-15,17,24H,4-5,12-13H2,(H3,25,26,27,28);3H,1H2,2H3. The van der Waals surface area contributed by atoms with Crippen molar-refractivity contribution in [2.45, 2.75) is 25.8 Å². The van der Waals surface area contributed by atoms with Gasteiger partial charge in [-0.25, -0.2) is 9.97 Å². The summed E-state index contributed by atoms with van der Waals surface area (Å²) in [6, 6.07) is 16.8. The predicted octanol–water partition coefficient (Wildman–Crippen LogP) is 4.49. The molecule has 0 saturated carbocycles. The fourth-order valence-electron chi connectivity index (χ4n) is 3.63. The summed E-state index contributed by atoms with van der Waals surface area (Å²) in [6.07, 6.45) is 5.81. The molecule has 0 spiro atoms. The summed E-state index contributed by atoms with van der Waals surface area (Å²) in [4.78, 5) is 21.3. The number of piperidine rings is 1. The second-order valence-electron chi connectivity index (χ2n) is 7.79. The number of rotatable bonds is 7. The minimum atomic E-state index is 0.0430. The van der Waals surface area contributed by atoms with Crippen LogP contribution in [0.25, 0.3) is 0 Å². The average Bonchev–Trinajstić information content (AvgIpc) is 2.85. The molecule has 1 amide bonds. The Morgan fingerprint density at radius 1 is 1.18 bits per heavy atom. The number of benzene rings is 2. The van der Waals surface area contributed by atoms with Gasteiger partial charge in [-0.3, -0.25) is 10.2 Å². The van der Waals surface area contributed by atoms with Crippen LogP contribution < -0.4 is 15.8 Å². The Morgan fingerprint density at radius 2 is 1.85 bits per heavy atom. The van der Waals surface area contributed by atoms with E-state index in [2.05, 4.69) is 21.9 Å². The van der Waals surface area contributed by atoms with E-state index >= 15 is 0 Å². The second-order valence-corrected chi connectivity index (χ2v) is 7.79. The number of allylic oxidation sites excluding steroid dienone is 1. The monoisotopic (exact) mass is 458 g/mol. The van der Waals surface area contributed by atoms with Gasteiger partial charge in [0.1, 0.15) is 29.5 Å². The number of carbonyl (C=O) groups excluding carboxylic acids is 1. The maximum absolute atomic E-state index is 11.1. The van der Waals surface area contributed by atoms with Crippen molar-refractivity contribution in [1.29, 1.82) is 5.41 Å². The number of likely N-dealkylation sites (tertiary alicyclic amines) is 1. The van der Waals surface area contributed by atoms with E-state index in [4.69, 9.17) is 15.9 Å². The van der Waals surface area contributed by atoms with Gasteiger partial charge >= 0.3 is 0 Å². The number of para-hydroxylation sites is 1. The van der Waals surface area contributed by atoms with Crippen molar-refractivity contribution < 1.29 is 9.53 Å². The summed E-state index contributed by atoms with van der Waals surface area (Å²) < 4.78 is 5.82. The lowest BCUT2D eigenvalue weighted by Gasteiger charge is -2.31. The number of ether oxygens (including phenoxy) is 1. The van der Waals surface area contributed by atoms with Crippen LogP contribution in [0, 0.1) is 5.41 Å². The third-order valence-corrected chi connectivity index (χ3v) is 5.19. The number of carbonyl (C=O) groups is 1. The lowest BCUT2D eigenvalue weighted by molar-refractivity contribution is -0.119. The molecule has 4 N–H and O–H groups in total. The van der Waals surface area contributed by atoms with E-state index in [0.717, 1.165) is 31.5 Å². The molecule has 1 fully saturated rings. The van der Waals surface area contributed by atoms with Crippen molar-refractivity contribution in [3.05, 3.63) is 84.7 Å². The molecule has 1 saturated heterocycles. The van der Waals surface area contributed by atoms with Crippen LogP contribution in [-0.4, -0.2) is 46.1 Å². The number of hydrogen-bond acceptors (Lipinski definition) is 7. The molecule has 0 aliphatic carbocycles. The van der Waals surface area contributed by atoms with Gasteiger partial charge in [-0.15, -0.1) is 6.58 Å². The maximum atomic E-state index is 11.1. The first-order chi connectivity index (χ1) is 16.5. The van der Waals surface area contributed by atoms with E-state index in [1.54, 1.807) is 11.0 Å². The highest BCUT2D eigenvalue weighted by Crippen LogP contribution is 2.26. The normalized spacial score (nSPS) is 14.9. The molecule has 0 radical (unpaired) electrons. The summed E-state index contributed by atoms with van der Waals surface area (Å²) >= 11 is 0. The van der Waals surface area contributed by atoms with Crippen molar-refractivity contribution in [2.75, 3.05) is 24.1 Å². The molecular weight excluding hydrogens is 428 g/mol. The molecule has 34 heavy (non-hydrogen) atoms. The Labute approximate surface area is 200 Å². The predicted molar refractivity (Wildman–Crippen MR) is 135 cm³/mol. The van der Waals surface area contributed by atoms with Crippen molar-refractivity contribution in [3.63, 3.8) is 0 Å². The highest BCUT2D eigenvalue weighted by molar-refractivity contribution is 6.16. The third-order valence-electron chi connectivity index (χ3n) is 5.19. The Bertz CT molecular complexity index is 1100. The summed E-state index contributed by atoms with van der Waals surface area (Å²) in [6.45, 7) is 6.60. The summed E-state index contributed by atoms with van der Waals surface area (Å²) in [5.41, 5.74) is 7.46. The second kappa shape index (κ2) is 12.2. The molecule has 8 heteroatoms. The first kappa shape index (κ1) is 24.4. The van der Waals surface area contributed by atoms with Crippen molar-refractivity contribution >= 4 is 23.8 Å². The van der Waals surface area contributed by atoms with Gasteiger partial charge in [0.25, 0.3) is 0 Å². The SMILES string of the molecule is C=CC.N=C(c1ccc(Oc2ccccc2)cc1)c1c(N)ncnc1NC1CCCN(C=O)C1. The third kappa shape index (κ3) is 6.41. The van der Waals surface area contributed by atoms with Crippen LogP contribution in [0.1, 0.15) is 30.9 Å². The molecule has 4 rings (SSSR count). The number of nitrogens with two attached hydrogens (primary N) is 1. The Hall–Kier alpha value is -4.20. The number of aromatic nitrogens is 2. The van der Waals surface area contributed by atoms with Gasteiger partial charge in [-0.05, 0) is 56.2 Å². The largest absolute Gasteiger partial charge is 0.457 e. The zero-order valence-corrected chi connectivity index (χ0v) is 19.3. The van der Waals surface area contributed by atoms with E-state index in [-0.39, 0.29) is 17.6 Å². The topological polar surface area (TPSA) is 117 Å². The van der Waals surface area contributed by atoms with Gasteiger partial charge in [0.05, 0.1) is 11.3 Å². The van der Waals surface area contributed by atoms with Crippen molar-refractivity contribution in [1.82, 2.24) is 14.9 Å². The Morgan fingerprint density at radius 3 is 2.53 bits per heavy atom. The fraction of sp³-hybridized carbons (Fsp3) is 0.231. The molecule has 1 aromatic heterocycles. The molecule has 8 nitrogen and oxygen atoms in total. The molecule has 1 aliphatic heterocycles. The van der Waals surface area contributed by atoms with Gasteiger partial charge in [0.2, 0.25) is 6.41 Å². The highest BCUT2D eigenvalue weighted by Gasteiger charge is 2.22. The van der Waals surface area contributed by atoms with Crippen LogP contribution in [0.5, 0.6) is 11.5 Å². The van der Waals surface area contributed by atoms with Crippen molar-refractivity contribution in [2.24, 2.45) is 0 Å². The molecule has 0 bridgehead atoms. The quantitative estimate of drug-likeness (QED) is 0.273. The molecular formula is C26H30N6O2. The van der Waals surface area contributed by atoms with Crippen molar-refractivity contribution in [3.8, 4) is 11.5 Å². The van der Waals surface area contributed by atoms with E-state index in [0.29, 0.717) is 29.2 Å². The van der Waals surface area contributed by atoms with E-state index < -0.39 is 0 Å². The highest BCUT2D eigenvalue weighted by atomic mass is 16.5. The fourth-order valence-corrected chi connectivity index (χ4v) is 3.63. The zero-order valence-electron chi connectivity index (χ0n) is 19.3. The summed E-state index contributed by atoms with van der Waals surface area (Å²) in [5.74, 6) is 2.15.